The number of aliphatic hydroxyl groups excluding tert-OH is 1. The van der Waals surface area contributed by atoms with Gasteiger partial charge in [-0.25, -0.2) is 0 Å². The molecule has 1 aromatic carbocycles. The normalized spacial score (nSPS) is 14.9. The largest absolute Gasteiger partial charge is 0.416 e. The Labute approximate surface area is 168 Å². The standard InChI is InChI=1S/C23H42O3Si/c1-18(2)27(19(3)4,20(5)6)26-14-13-23(24)15-21(7)16-25-17-22-11-9-8-10-12-22/h8-12,18-21,23-24H,13-17H2,1-7H3/t21-,23?/m0/s1. The number of hydrogen-bond donors (Lipinski definition) is 1. The highest BCUT2D eigenvalue weighted by Gasteiger charge is 2.44. The van der Waals surface area contributed by atoms with E-state index in [1.165, 1.54) is 5.56 Å². The van der Waals surface area contributed by atoms with Gasteiger partial charge in [0.15, 0.2) is 8.32 Å². The molecule has 0 saturated carbocycles. The lowest BCUT2D eigenvalue weighted by Gasteiger charge is -2.42. The summed E-state index contributed by atoms with van der Waals surface area (Å²) < 4.78 is 12.4. The van der Waals surface area contributed by atoms with Crippen molar-refractivity contribution in [1.82, 2.24) is 0 Å². The first kappa shape index (κ1) is 24.4. The molecule has 0 saturated heterocycles. The van der Waals surface area contributed by atoms with E-state index in [0.717, 1.165) is 6.42 Å². The predicted molar refractivity (Wildman–Crippen MR) is 118 cm³/mol. The Morgan fingerprint density at radius 3 is 1.96 bits per heavy atom. The average Bonchev–Trinajstić information content (AvgIpc) is 2.58. The zero-order chi connectivity index (χ0) is 20.4. The molecule has 27 heavy (non-hydrogen) atoms. The van der Waals surface area contributed by atoms with E-state index in [2.05, 4.69) is 60.6 Å². The summed E-state index contributed by atoms with van der Waals surface area (Å²) in [4.78, 5) is 0. The van der Waals surface area contributed by atoms with Crippen molar-refractivity contribution in [2.24, 2.45) is 5.92 Å². The minimum absolute atomic E-state index is 0.321. The molecule has 0 fully saturated rings. The summed E-state index contributed by atoms with van der Waals surface area (Å²) in [5.41, 5.74) is 2.94. The highest BCUT2D eigenvalue weighted by molar-refractivity contribution is 6.77. The van der Waals surface area contributed by atoms with Crippen molar-refractivity contribution in [3.8, 4) is 0 Å². The van der Waals surface area contributed by atoms with Gasteiger partial charge in [0.25, 0.3) is 0 Å². The van der Waals surface area contributed by atoms with Crippen LogP contribution in [0.25, 0.3) is 0 Å². The van der Waals surface area contributed by atoms with Crippen LogP contribution < -0.4 is 0 Å². The summed E-state index contributed by atoms with van der Waals surface area (Å²) >= 11 is 0. The van der Waals surface area contributed by atoms with E-state index in [4.69, 9.17) is 9.16 Å². The first-order valence-electron chi connectivity index (χ1n) is 10.6. The van der Waals surface area contributed by atoms with E-state index in [0.29, 0.717) is 48.8 Å². The highest BCUT2D eigenvalue weighted by Crippen LogP contribution is 2.42. The van der Waals surface area contributed by atoms with E-state index < -0.39 is 8.32 Å². The van der Waals surface area contributed by atoms with E-state index >= 15 is 0 Å². The third-order valence-corrected chi connectivity index (χ3v) is 11.8. The molecule has 0 aromatic heterocycles. The third kappa shape index (κ3) is 7.69. The maximum atomic E-state index is 10.4. The summed E-state index contributed by atoms with van der Waals surface area (Å²) in [6.45, 7) is 17.9. The van der Waals surface area contributed by atoms with Crippen molar-refractivity contribution < 1.29 is 14.3 Å². The number of aliphatic hydroxyl groups is 1. The van der Waals surface area contributed by atoms with Gasteiger partial charge in [0.2, 0.25) is 0 Å². The van der Waals surface area contributed by atoms with Crippen LogP contribution in [0.3, 0.4) is 0 Å². The molecule has 0 amide bonds. The molecule has 4 heteroatoms. The molecule has 0 aliphatic carbocycles. The SMILES string of the molecule is CC(C)[Si](OCCC(O)C[C@H](C)COCc1ccccc1)(C(C)C)C(C)C. The number of benzene rings is 1. The number of rotatable bonds is 13. The van der Waals surface area contributed by atoms with Gasteiger partial charge in [0.05, 0.1) is 12.7 Å². The fraction of sp³-hybridized carbons (Fsp3) is 0.739. The molecule has 0 aliphatic heterocycles. The minimum Gasteiger partial charge on any atom is -0.416 e. The molecule has 156 valence electrons. The van der Waals surface area contributed by atoms with Gasteiger partial charge in [0, 0.05) is 13.2 Å². The van der Waals surface area contributed by atoms with Gasteiger partial charge in [-0.1, -0.05) is 78.8 Å². The van der Waals surface area contributed by atoms with E-state index in [-0.39, 0.29) is 6.10 Å². The molecule has 1 unspecified atom stereocenters. The second-order valence-corrected chi connectivity index (χ2v) is 14.4. The molecule has 0 radical (unpaired) electrons. The molecule has 0 bridgehead atoms. The van der Waals surface area contributed by atoms with Crippen molar-refractivity contribution in [3.05, 3.63) is 35.9 Å². The minimum atomic E-state index is -1.83. The fourth-order valence-corrected chi connectivity index (χ4v) is 9.95. The molecule has 2 atom stereocenters. The quantitative estimate of drug-likeness (QED) is 0.406. The van der Waals surface area contributed by atoms with Crippen molar-refractivity contribution in [2.75, 3.05) is 13.2 Å². The van der Waals surface area contributed by atoms with E-state index in [1.807, 2.05) is 18.2 Å². The first-order chi connectivity index (χ1) is 12.7. The van der Waals surface area contributed by atoms with Crippen molar-refractivity contribution >= 4 is 8.32 Å². The monoisotopic (exact) mass is 394 g/mol. The van der Waals surface area contributed by atoms with Crippen LogP contribution in [0.2, 0.25) is 16.6 Å². The van der Waals surface area contributed by atoms with Crippen LogP contribution in [0, 0.1) is 5.92 Å². The van der Waals surface area contributed by atoms with Crippen molar-refractivity contribution in [3.63, 3.8) is 0 Å². The van der Waals surface area contributed by atoms with Gasteiger partial charge in [0.1, 0.15) is 0 Å². The van der Waals surface area contributed by atoms with Crippen molar-refractivity contribution in [1.29, 1.82) is 0 Å². The third-order valence-electron chi connectivity index (χ3n) is 5.70. The smallest absolute Gasteiger partial charge is 0.200 e. The summed E-state index contributed by atoms with van der Waals surface area (Å²) in [5, 5.41) is 10.4. The topological polar surface area (TPSA) is 38.7 Å². The van der Waals surface area contributed by atoms with Crippen LogP contribution >= 0.6 is 0 Å². The number of hydrogen-bond acceptors (Lipinski definition) is 3. The van der Waals surface area contributed by atoms with Crippen LogP contribution in [0.5, 0.6) is 0 Å². The van der Waals surface area contributed by atoms with E-state index in [1.54, 1.807) is 0 Å². The molecule has 1 N–H and O–H groups in total. The lowest BCUT2D eigenvalue weighted by Crippen LogP contribution is -2.48. The van der Waals surface area contributed by atoms with Gasteiger partial charge in [-0.2, -0.15) is 0 Å². The van der Waals surface area contributed by atoms with Crippen LogP contribution in [0.15, 0.2) is 30.3 Å². The molecular formula is C23H42O3Si. The zero-order valence-electron chi connectivity index (χ0n) is 18.6. The Balaban J connectivity index is 2.35. The maximum Gasteiger partial charge on any atom is 0.200 e. The lowest BCUT2D eigenvalue weighted by atomic mass is 10.0. The second-order valence-electron chi connectivity index (χ2n) is 8.95. The van der Waals surface area contributed by atoms with Crippen LogP contribution in [-0.4, -0.2) is 32.7 Å². The summed E-state index contributed by atoms with van der Waals surface area (Å²) in [7, 11) is -1.83. The number of ether oxygens (including phenoxy) is 1. The fourth-order valence-electron chi connectivity index (χ4n) is 4.47. The Morgan fingerprint density at radius 2 is 1.44 bits per heavy atom. The molecule has 1 rings (SSSR count). The Kier molecular flexibility index (Phi) is 10.8. The van der Waals surface area contributed by atoms with Gasteiger partial charge in [-0.3, -0.25) is 0 Å². The van der Waals surface area contributed by atoms with E-state index in [9.17, 15) is 5.11 Å². The predicted octanol–water partition coefficient (Wildman–Crippen LogP) is 6.17. The van der Waals surface area contributed by atoms with Crippen LogP contribution in [0.1, 0.15) is 66.9 Å². The van der Waals surface area contributed by atoms with Gasteiger partial charge in [-0.05, 0) is 40.9 Å². The summed E-state index contributed by atoms with van der Waals surface area (Å²) in [6.07, 6.45) is 1.15. The molecule has 3 nitrogen and oxygen atoms in total. The molecule has 0 spiro atoms. The summed E-state index contributed by atoms with van der Waals surface area (Å²) in [6, 6.07) is 10.2. The average molecular weight is 395 g/mol. The van der Waals surface area contributed by atoms with Crippen LogP contribution in [0.4, 0.5) is 0 Å². The molecule has 1 aromatic rings. The van der Waals surface area contributed by atoms with Crippen LogP contribution in [-0.2, 0) is 15.8 Å². The summed E-state index contributed by atoms with van der Waals surface area (Å²) in [5.74, 6) is 0.339. The molecular weight excluding hydrogens is 352 g/mol. The Morgan fingerprint density at radius 1 is 0.889 bits per heavy atom. The first-order valence-corrected chi connectivity index (χ1v) is 12.8. The van der Waals surface area contributed by atoms with Gasteiger partial charge >= 0.3 is 0 Å². The Hall–Kier alpha value is -0.683. The molecule has 0 heterocycles. The highest BCUT2D eigenvalue weighted by atomic mass is 28.4. The second kappa shape index (κ2) is 12.0. The van der Waals surface area contributed by atoms with Gasteiger partial charge < -0.3 is 14.3 Å². The zero-order valence-corrected chi connectivity index (χ0v) is 19.6. The Bertz CT molecular complexity index is 480. The molecule has 0 aliphatic rings. The van der Waals surface area contributed by atoms with Crippen molar-refractivity contribution in [2.45, 2.75) is 90.6 Å². The lowest BCUT2D eigenvalue weighted by molar-refractivity contribution is 0.0573. The van der Waals surface area contributed by atoms with Gasteiger partial charge in [-0.15, -0.1) is 0 Å². The maximum absolute atomic E-state index is 10.4.